The third kappa shape index (κ3) is 5.44. The summed E-state index contributed by atoms with van der Waals surface area (Å²) in [4.78, 5) is 7.83. The van der Waals surface area contributed by atoms with Crippen LogP contribution in [0.25, 0.3) is 0 Å². The molecule has 7 fully saturated rings. The third-order valence-corrected chi connectivity index (χ3v) is 9.89. The largest absolute Gasteiger partial charge is 0.303 e. The zero-order chi connectivity index (χ0) is 21.3. The van der Waals surface area contributed by atoms with Gasteiger partial charge in [-0.3, -0.25) is 0 Å². The van der Waals surface area contributed by atoms with E-state index in [1.807, 2.05) is 0 Å². The first-order chi connectivity index (χ1) is 14.4. The lowest BCUT2D eigenvalue weighted by Crippen LogP contribution is -2.49. The highest BCUT2D eigenvalue weighted by molar-refractivity contribution is 4.92. The fourth-order valence-corrected chi connectivity index (χ4v) is 7.83. The first-order valence-corrected chi connectivity index (χ1v) is 13.6. The maximum absolute atomic E-state index is 2.63. The van der Waals surface area contributed by atoms with Crippen molar-refractivity contribution < 1.29 is 0 Å². The number of hydrogen-bond donors (Lipinski definition) is 0. The second-order valence-corrected chi connectivity index (χ2v) is 12.2. The Hall–Kier alpha value is -0.120. The molecule has 0 spiro atoms. The third-order valence-electron chi connectivity index (χ3n) is 9.89. The lowest BCUT2D eigenvalue weighted by atomic mass is 9.80. The Morgan fingerprint density at radius 3 is 1.33 bits per heavy atom. The fourth-order valence-electron chi connectivity index (χ4n) is 7.83. The highest BCUT2D eigenvalue weighted by atomic mass is 15.2. The number of fused-ring (bicyclic) bond motifs is 7. The van der Waals surface area contributed by atoms with Crippen molar-refractivity contribution in [2.45, 2.75) is 116 Å². The predicted octanol–water partition coefficient (Wildman–Crippen LogP) is 5.50. The molecule has 0 aromatic heterocycles. The lowest BCUT2D eigenvalue weighted by molar-refractivity contribution is 0.0415. The van der Waals surface area contributed by atoms with Gasteiger partial charge in [0.25, 0.3) is 0 Å². The summed E-state index contributed by atoms with van der Waals surface area (Å²) in [5, 5.41) is 0. The van der Waals surface area contributed by atoms with Gasteiger partial charge in [0, 0.05) is 30.7 Å². The van der Waals surface area contributed by atoms with Gasteiger partial charge >= 0.3 is 0 Å². The minimum Gasteiger partial charge on any atom is -0.303 e. The van der Waals surface area contributed by atoms with Crippen LogP contribution in [0.4, 0.5) is 0 Å². The number of hydrogen-bond acceptors (Lipinski definition) is 3. The SMILES string of the molecule is CC1CC2CCC(C1)N2C.CC1CC2CCCC(C1)N2C.C[C@@H]1CN2CCC1CC2. The molecule has 7 aliphatic rings. The molecule has 7 rings (SSSR count). The van der Waals surface area contributed by atoms with Crippen molar-refractivity contribution in [1.29, 1.82) is 0 Å². The molecule has 3 heteroatoms. The van der Waals surface area contributed by atoms with Crippen molar-refractivity contribution >= 4 is 0 Å². The second kappa shape index (κ2) is 10.2. The lowest BCUT2D eigenvalue weighted by Gasteiger charge is -2.46. The summed E-state index contributed by atoms with van der Waals surface area (Å²) < 4.78 is 0. The van der Waals surface area contributed by atoms with Crippen LogP contribution in [0.1, 0.15) is 91.4 Å². The van der Waals surface area contributed by atoms with Gasteiger partial charge in [0.05, 0.1) is 0 Å². The molecule has 7 heterocycles. The highest BCUT2D eigenvalue weighted by Crippen LogP contribution is 2.37. The summed E-state index contributed by atoms with van der Waals surface area (Å²) in [6.07, 6.45) is 16.1. The van der Waals surface area contributed by atoms with Crippen LogP contribution in [-0.4, -0.2) is 72.6 Å². The quantitative estimate of drug-likeness (QED) is 0.515. The summed E-state index contributed by atoms with van der Waals surface area (Å²) in [6.45, 7) is 11.4. The van der Waals surface area contributed by atoms with E-state index in [9.17, 15) is 0 Å². The van der Waals surface area contributed by atoms with Crippen LogP contribution >= 0.6 is 0 Å². The Morgan fingerprint density at radius 1 is 0.567 bits per heavy atom. The van der Waals surface area contributed by atoms with E-state index in [0.717, 1.165) is 47.8 Å². The van der Waals surface area contributed by atoms with Gasteiger partial charge in [0.1, 0.15) is 0 Å². The molecule has 7 aliphatic heterocycles. The van der Waals surface area contributed by atoms with Crippen LogP contribution in [-0.2, 0) is 0 Å². The summed E-state index contributed by atoms with van der Waals surface area (Å²) in [5.41, 5.74) is 0. The molecule has 7 saturated heterocycles. The molecule has 0 amide bonds. The number of rotatable bonds is 0. The monoisotopic (exact) mass is 417 g/mol. The second-order valence-electron chi connectivity index (χ2n) is 12.2. The Morgan fingerprint density at radius 2 is 1.00 bits per heavy atom. The molecule has 5 atom stereocenters. The molecule has 0 radical (unpaired) electrons. The smallest absolute Gasteiger partial charge is 0.00982 e. The zero-order valence-corrected chi connectivity index (χ0v) is 20.9. The highest BCUT2D eigenvalue weighted by Gasteiger charge is 2.36. The molecular formula is C27H51N3. The van der Waals surface area contributed by atoms with Crippen molar-refractivity contribution in [1.82, 2.24) is 14.7 Å². The Balaban J connectivity index is 0.000000109. The normalized spacial score (nSPS) is 47.7. The van der Waals surface area contributed by atoms with Crippen molar-refractivity contribution in [2.24, 2.45) is 23.7 Å². The van der Waals surface area contributed by atoms with Crippen molar-refractivity contribution in [3.63, 3.8) is 0 Å². The van der Waals surface area contributed by atoms with Crippen LogP contribution in [0, 0.1) is 23.7 Å². The molecule has 0 N–H and O–H groups in total. The van der Waals surface area contributed by atoms with Gasteiger partial charge in [-0.25, -0.2) is 0 Å². The number of nitrogens with zero attached hydrogens (tertiary/aromatic N) is 3. The van der Waals surface area contributed by atoms with Crippen molar-refractivity contribution in [3.05, 3.63) is 0 Å². The topological polar surface area (TPSA) is 9.72 Å². The molecular weight excluding hydrogens is 366 g/mol. The minimum absolute atomic E-state index is 0.928. The summed E-state index contributed by atoms with van der Waals surface area (Å²) in [6, 6.07) is 3.73. The van der Waals surface area contributed by atoms with Gasteiger partial charge in [-0.1, -0.05) is 27.2 Å². The van der Waals surface area contributed by atoms with Crippen LogP contribution < -0.4 is 0 Å². The first-order valence-electron chi connectivity index (χ1n) is 13.6. The van der Waals surface area contributed by atoms with Gasteiger partial charge in [-0.15, -0.1) is 0 Å². The van der Waals surface area contributed by atoms with Gasteiger partial charge in [0.15, 0.2) is 0 Å². The van der Waals surface area contributed by atoms with E-state index in [1.54, 1.807) is 0 Å². The van der Waals surface area contributed by atoms with Crippen LogP contribution in [0.3, 0.4) is 0 Å². The Kier molecular flexibility index (Phi) is 7.85. The van der Waals surface area contributed by atoms with E-state index in [0.29, 0.717) is 0 Å². The van der Waals surface area contributed by atoms with Crippen LogP contribution in [0.15, 0.2) is 0 Å². The molecule has 30 heavy (non-hydrogen) atoms. The van der Waals surface area contributed by atoms with E-state index in [2.05, 4.69) is 49.6 Å². The predicted molar refractivity (Wildman–Crippen MR) is 129 cm³/mol. The first kappa shape index (κ1) is 23.1. The molecule has 6 bridgehead atoms. The minimum atomic E-state index is 0.928. The molecule has 3 nitrogen and oxygen atoms in total. The van der Waals surface area contributed by atoms with Gasteiger partial charge in [0.2, 0.25) is 0 Å². The average Bonchev–Trinajstić information content (AvgIpc) is 2.92. The van der Waals surface area contributed by atoms with E-state index in [1.165, 1.54) is 90.3 Å². The number of piperidine rings is 6. The summed E-state index contributed by atoms with van der Waals surface area (Å²) in [7, 11) is 4.62. The van der Waals surface area contributed by atoms with Gasteiger partial charge in [-0.05, 0) is 115 Å². The van der Waals surface area contributed by atoms with E-state index in [-0.39, 0.29) is 0 Å². The van der Waals surface area contributed by atoms with Gasteiger partial charge < -0.3 is 14.7 Å². The molecule has 0 aliphatic carbocycles. The van der Waals surface area contributed by atoms with Crippen LogP contribution in [0.5, 0.6) is 0 Å². The fraction of sp³-hybridized carbons (Fsp3) is 1.00. The van der Waals surface area contributed by atoms with Crippen molar-refractivity contribution in [3.8, 4) is 0 Å². The molecule has 0 saturated carbocycles. The molecule has 0 aromatic rings. The van der Waals surface area contributed by atoms with Gasteiger partial charge in [-0.2, -0.15) is 0 Å². The maximum atomic E-state index is 2.63. The van der Waals surface area contributed by atoms with Crippen LogP contribution in [0.2, 0.25) is 0 Å². The molecule has 0 aromatic carbocycles. The standard InChI is InChI=1S/C10H19N.C9H17N.C8H15N/c1-8-6-9-4-3-5-10(7-8)11(9)2;1-7-5-8-3-4-9(6-7)10(8)2;1-7-6-9-4-2-8(7)3-5-9/h8-10H,3-7H2,1-2H3;7-9H,3-6H2,1-2H3;7-8H,2-6H2,1H3/t;;7-/m..1/s1. The molecule has 174 valence electrons. The zero-order valence-electron chi connectivity index (χ0n) is 20.9. The summed E-state index contributed by atoms with van der Waals surface area (Å²) in [5.74, 6) is 4.05. The average molecular weight is 418 g/mol. The Labute approximate surface area is 187 Å². The van der Waals surface area contributed by atoms with E-state index < -0.39 is 0 Å². The van der Waals surface area contributed by atoms with E-state index >= 15 is 0 Å². The Bertz CT molecular complexity index is 500. The summed E-state index contributed by atoms with van der Waals surface area (Å²) >= 11 is 0. The van der Waals surface area contributed by atoms with Crippen molar-refractivity contribution in [2.75, 3.05) is 33.7 Å². The van der Waals surface area contributed by atoms with E-state index in [4.69, 9.17) is 0 Å². The maximum Gasteiger partial charge on any atom is 0.00982 e. The molecule has 4 unspecified atom stereocenters.